The van der Waals surface area contributed by atoms with Crippen LogP contribution in [0.1, 0.15) is 43.5 Å². The highest BCUT2D eigenvalue weighted by atomic mass is 32.2. The Morgan fingerprint density at radius 2 is 1.63 bits per heavy atom. The van der Waals surface area contributed by atoms with Gasteiger partial charge in [-0.05, 0) is 57.7 Å². The Hall–Kier alpha value is -2.39. The van der Waals surface area contributed by atoms with Gasteiger partial charge in [0.1, 0.15) is 6.10 Å². The summed E-state index contributed by atoms with van der Waals surface area (Å²) in [6, 6.07) is 6.91. The zero-order valence-corrected chi connectivity index (χ0v) is 18.1. The first kappa shape index (κ1) is 20.9. The Labute approximate surface area is 177 Å². The molecular weight excluding hydrogens is 406 g/mol. The number of aryl methyl sites for hydroxylation is 2. The van der Waals surface area contributed by atoms with Crippen LogP contribution in [0.3, 0.4) is 0 Å². The van der Waals surface area contributed by atoms with E-state index in [1.165, 1.54) is 6.07 Å². The number of aromatic nitrogens is 2. The molecule has 4 rings (SSSR count). The third-order valence-corrected chi connectivity index (χ3v) is 6.78. The van der Waals surface area contributed by atoms with E-state index < -0.39 is 10.0 Å². The molecule has 0 bridgehead atoms. The van der Waals surface area contributed by atoms with Crippen molar-refractivity contribution in [2.75, 3.05) is 13.2 Å². The normalized spacial score (nSPS) is 21.7. The molecule has 0 saturated heterocycles. The number of ether oxygens (including phenoxy) is 3. The lowest BCUT2D eigenvalue weighted by molar-refractivity contribution is 0.131. The first-order valence-corrected chi connectivity index (χ1v) is 11.8. The highest BCUT2D eigenvalue weighted by molar-refractivity contribution is 7.89. The number of sulfonamides is 1. The number of hydrogen-bond donors (Lipinski definition) is 1. The van der Waals surface area contributed by atoms with Crippen molar-refractivity contribution in [1.82, 2.24) is 14.7 Å². The molecule has 1 aromatic carbocycles. The van der Waals surface area contributed by atoms with Crippen molar-refractivity contribution in [2.24, 2.45) is 0 Å². The summed E-state index contributed by atoms with van der Waals surface area (Å²) in [5, 5.41) is 0. The third kappa shape index (κ3) is 5.02. The molecule has 1 saturated carbocycles. The average molecular weight is 434 g/mol. The Bertz CT molecular complexity index is 983. The highest BCUT2D eigenvalue weighted by Gasteiger charge is 2.28. The van der Waals surface area contributed by atoms with Crippen molar-refractivity contribution in [2.45, 2.75) is 63.0 Å². The van der Waals surface area contributed by atoms with Crippen molar-refractivity contribution in [3.8, 4) is 17.5 Å². The van der Waals surface area contributed by atoms with Crippen LogP contribution in [0.15, 0.2) is 29.2 Å². The molecule has 0 amide bonds. The lowest BCUT2D eigenvalue weighted by atomic mass is 9.94. The summed E-state index contributed by atoms with van der Waals surface area (Å²) in [5.41, 5.74) is 1.74. The summed E-state index contributed by atoms with van der Waals surface area (Å²) in [5.74, 6) is 1.05. The van der Waals surface area contributed by atoms with Gasteiger partial charge in [0.05, 0.1) is 18.1 Å². The fraction of sp³-hybridized carbons (Fsp3) is 0.524. The van der Waals surface area contributed by atoms with Crippen molar-refractivity contribution < 1.29 is 22.6 Å². The van der Waals surface area contributed by atoms with Gasteiger partial charge in [-0.25, -0.2) is 23.1 Å². The molecule has 1 N–H and O–H groups in total. The van der Waals surface area contributed by atoms with E-state index in [-0.39, 0.29) is 17.0 Å². The van der Waals surface area contributed by atoms with E-state index in [1.54, 1.807) is 12.1 Å². The van der Waals surface area contributed by atoms with Crippen LogP contribution < -0.4 is 18.9 Å². The van der Waals surface area contributed by atoms with Gasteiger partial charge in [-0.15, -0.1) is 0 Å². The second-order valence-electron chi connectivity index (χ2n) is 7.81. The van der Waals surface area contributed by atoms with E-state index in [9.17, 15) is 8.42 Å². The predicted molar refractivity (Wildman–Crippen MR) is 111 cm³/mol. The molecule has 2 aliphatic rings. The molecule has 9 heteroatoms. The van der Waals surface area contributed by atoms with Crippen LogP contribution in [-0.4, -0.2) is 43.7 Å². The van der Waals surface area contributed by atoms with Crippen molar-refractivity contribution >= 4 is 10.0 Å². The average Bonchev–Trinajstić information content (AvgIpc) is 2.93. The standard InChI is InChI=1S/C21H27N3O5S/c1-14-12-15(2)23-21(22-14)29-17-6-4-16(5-7-17)24-30(25,26)18-8-9-19-20(13-18)28-11-3-10-27-19/h8-9,12-13,16-17,24H,3-7,10-11H2,1-2H3. The van der Waals surface area contributed by atoms with Crippen LogP contribution >= 0.6 is 0 Å². The van der Waals surface area contributed by atoms with Gasteiger partial charge in [0, 0.05) is 29.9 Å². The van der Waals surface area contributed by atoms with Gasteiger partial charge >= 0.3 is 6.01 Å². The van der Waals surface area contributed by atoms with Crippen LogP contribution in [0.4, 0.5) is 0 Å². The second kappa shape index (κ2) is 8.77. The molecule has 1 fully saturated rings. The molecule has 0 unspecified atom stereocenters. The van der Waals surface area contributed by atoms with Gasteiger partial charge < -0.3 is 14.2 Å². The lowest BCUT2D eigenvalue weighted by Crippen LogP contribution is -2.39. The number of rotatable bonds is 5. The van der Waals surface area contributed by atoms with Crippen LogP contribution in [0, 0.1) is 13.8 Å². The molecule has 1 aliphatic carbocycles. The summed E-state index contributed by atoms with van der Waals surface area (Å²) in [7, 11) is -3.64. The molecule has 8 nitrogen and oxygen atoms in total. The van der Waals surface area contributed by atoms with Crippen LogP contribution in [0.5, 0.6) is 17.5 Å². The van der Waals surface area contributed by atoms with Crippen LogP contribution in [0.2, 0.25) is 0 Å². The van der Waals surface area contributed by atoms with E-state index in [2.05, 4.69) is 14.7 Å². The van der Waals surface area contributed by atoms with E-state index in [4.69, 9.17) is 14.2 Å². The zero-order chi connectivity index (χ0) is 21.1. The SMILES string of the molecule is Cc1cc(C)nc(OC2CCC(NS(=O)(=O)c3ccc4c(c3)OCCCO4)CC2)n1. The topological polar surface area (TPSA) is 99.6 Å². The minimum atomic E-state index is -3.64. The van der Waals surface area contributed by atoms with Crippen molar-refractivity contribution in [3.63, 3.8) is 0 Å². The second-order valence-corrected chi connectivity index (χ2v) is 9.52. The zero-order valence-electron chi connectivity index (χ0n) is 17.3. The van der Waals surface area contributed by atoms with Gasteiger partial charge in [0.25, 0.3) is 0 Å². The fourth-order valence-electron chi connectivity index (χ4n) is 3.79. The van der Waals surface area contributed by atoms with Crippen LogP contribution in [-0.2, 0) is 10.0 Å². The molecule has 162 valence electrons. The maximum Gasteiger partial charge on any atom is 0.317 e. The van der Waals surface area contributed by atoms with E-state index in [1.807, 2.05) is 19.9 Å². The van der Waals surface area contributed by atoms with Gasteiger partial charge in [-0.1, -0.05) is 0 Å². The molecular formula is C21H27N3O5S. The molecule has 30 heavy (non-hydrogen) atoms. The monoisotopic (exact) mass is 433 g/mol. The molecule has 0 radical (unpaired) electrons. The minimum Gasteiger partial charge on any atom is -0.490 e. The van der Waals surface area contributed by atoms with Gasteiger partial charge in [-0.2, -0.15) is 0 Å². The Morgan fingerprint density at radius 3 is 2.33 bits per heavy atom. The summed E-state index contributed by atoms with van der Waals surface area (Å²) in [6.07, 6.45) is 3.63. The summed E-state index contributed by atoms with van der Waals surface area (Å²) < 4.78 is 45.7. The lowest BCUT2D eigenvalue weighted by Gasteiger charge is -2.28. The van der Waals surface area contributed by atoms with E-state index in [0.717, 1.165) is 30.7 Å². The van der Waals surface area contributed by atoms with Gasteiger partial charge in [0.15, 0.2) is 11.5 Å². The molecule has 1 aliphatic heterocycles. The molecule has 2 aromatic rings. The minimum absolute atomic E-state index is 0.00926. The quantitative estimate of drug-likeness (QED) is 0.774. The maximum atomic E-state index is 12.9. The fourth-order valence-corrected chi connectivity index (χ4v) is 5.11. The Kier molecular flexibility index (Phi) is 6.10. The number of benzene rings is 1. The number of fused-ring (bicyclic) bond motifs is 1. The summed E-state index contributed by atoms with van der Waals surface area (Å²) in [6.45, 7) is 4.90. The Morgan fingerprint density at radius 1 is 0.967 bits per heavy atom. The number of hydrogen-bond acceptors (Lipinski definition) is 7. The van der Waals surface area contributed by atoms with Gasteiger partial charge in [-0.3, -0.25) is 0 Å². The summed E-state index contributed by atoms with van der Waals surface area (Å²) in [4.78, 5) is 8.83. The number of nitrogens with one attached hydrogen (secondary N) is 1. The molecule has 2 heterocycles. The molecule has 0 spiro atoms. The predicted octanol–water partition coefficient (Wildman–Crippen LogP) is 2.92. The van der Waals surface area contributed by atoms with Crippen molar-refractivity contribution in [3.05, 3.63) is 35.7 Å². The highest BCUT2D eigenvalue weighted by Crippen LogP contribution is 2.32. The van der Waals surface area contributed by atoms with Crippen LogP contribution in [0.25, 0.3) is 0 Å². The van der Waals surface area contributed by atoms with Gasteiger partial charge in [0.2, 0.25) is 10.0 Å². The Balaban J connectivity index is 1.35. The molecule has 1 aromatic heterocycles. The summed E-state index contributed by atoms with van der Waals surface area (Å²) >= 11 is 0. The first-order chi connectivity index (χ1) is 14.4. The largest absolute Gasteiger partial charge is 0.490 e. The maximum absolute atomic E-state index is 12.9. The number of nitrogens with zero attached hydrogens (tertiary/aromatic N) is 2. The molecule has 0 atom stereocenters. The van der Waals surface area contributed by atoms with E-state index in [0.29, 0.717) is 43.6 Å². The van der Waals surface area contributed by atoms with Crippen molar-refractivity contribution in [1.29, 1.82) is 0 Å². The first-order valence-electron chi connectivity index (χ1n) is 10.3. The smallest absolute Gasteiger partial charge is 0.317 e. The van der Waals surface area contributed by atoms with E-state index >= 15 is 0 Å². The third-order valence-electron chi connectivity index (χ3n) is 5.26.